The molecule has 0 bridgehead atoms. The molecule has 3 aromatic carbocycles. The highest BCUT2D eigenvalue weighted by atomic mass is 79.9. The summed E-state index contributed by atoms with van der Waals surface area (Å²) in [6.07, 6.45) is 0.230. The van der Waals surface area contributed by atoms with Gasteiger partial charge >= 0.3 is 15.9 Å². The van der Waals surface area contributed by atoms with E-state index in [0.717, 1.165) is 33.2 Å². The zero-order valence-corrected chi connectivity index (χ0v) is 21.9. The Bertz CT molecular complexity index is 1080. The summed E-state index contributed by atoms with van der Waals surface area (Å²) < 4.78 is 39.0. The Morgan fingerprint density at radius 2 is 1.55 bits per heavy atom. The van der Waals surface area contributed by atoms with Crippen LogP contribution in [0.15, 0.2) is 60.7 Å². The van der Waals surface area contributed by atoms with E-state index in [2.05, 4.69) is 22.0 Å². The van der Waals surface area contributed by atoms with Crippen LogP contribution in [-0.4, -0.2) is 23.0 Å². The quantitative estimate of drug-likeness (QED) is 0.211. The van der Waals surface area contributed by atoms with Crippen LogP contribution >= 0.6 is 31.8 Å². The largest absolute Gasteiger partial charge is 0.692 e. The molecule has 0 aromatic heterocycles. The van der Waals surface area contributed by atoms with E-state index in [-0.39, 0.29) is 6.16 Å². The lowest BCUT2D eigenvalue weighted by atomic mass is 10.00. The first-order valence-electron chi connectivity index (χ1n) is 10.3. The van der Waals surface area contributed by atoms with Crippen molar-refractivity contribution in [3.05, 3.63) is 77.4 Å². The molecule has 0 unspecified atom stereocenters. The number of hydrogen-bond donors (Lipinski definition) is 2. The van der Waals surface area contributed by atoms with E-state index >= 15 is 0 Å². The molecule has 7 nitrogen and oxygen atoms in total. The molecule has 3 rings (SSSR count). The number of ether oxygens (including phenoxy) is 1. The van der Waals surface area contributed by atoms with Crippen molar-refractivity contribution < 1.29 is 32.7 Å². The molecule has 0 fully saturated rings. The normalized spacial score (nSPS) is 11.1. The van der Waals surface area contributed by atoms with Crippen molar-refractivity contribution in [1.82, 2.24) is 0 Å². The predicted octanol–water partition coefficient (Wildman–Crippen LogP) is 6.71. The number of hydrogen-bond acceptors (Lipinski definition) is 5. The summed E-state index contributed by atoms with van der Waals surface area (Å²) in [5.41, 5.74) is 3.16. The maximum absolute atomic E-state index is 13.1. The molecule has 10 heteroatoms. The van der Waals surface area contributed by atoms with Gasteiger partial charge in [0.1, 0.15) is 12.4 Å². The average Bonchev–Trinajstić information content (AvgIpc) is 2.78. The summed E-state index contributed by atoms with van der Waals surface area (Å²) in [4.78, 5) is 14.2. The Morgan fingerprint density at radius 3 is 2.12 bits per heavy atom. The van der Waals surface area contributed by atoms with Crippen LogP contribution in [-0.2, 0) is 36.3 Å². The molecule has 0 aliphatic carbocycles. The first-order chi connectivity index (χ1) is 15.8. The molecule has 33 heavy (non-hydrogen) atoms. The smallest absolute Gasteiger partial charge is 0.488 e. The van der Waals surface area contributed by atoms with E-state index < -0.39 is 15.9 Å². The SMILES string of the molecule is CCOP(=O)(Cc1ccc(OCc2ccccc2)c2cccc(CBr)c12)OCC.O=[P+](O)O. The molecule has 178 valence electrons. The van der Waals surface area contributed by atoms with Gasteiger partial charge in [-0.15, -0.1) is 9.79 Å². The fraction of sp³-hybridized carbons (Fsp3) is 0.304. The second-order valence-corrected chi connectivity index (χ2v) is 9.95. The molecule has 0 amide bonds. The van der Waals surface area contributed by atoms with E-state index in [9.17, 15) is 4.57 Å². The molecule has 0 atom stereocenters. The van der Waals surface area contributed by atoms with Gasteiger partial charge in [-0.3, -0.25) is 4.57 Å². The van der Waals surface area contributed by atoms with Gasteiger partial charge in [0.25, 0.3) is 0 Å². The Morgan fingerprint density at radius 1 is 0.909 bits per heavy atom. The van der Waals surface area contributed by atoms with E-state index in [4.69, 9.17) is 28.1 Å². The fourth-order valence-corrected chi connectivity index (χ4v) is 5.56. The molecule has 0 spiro atoms. The van der Waals surface area contributed by atoms with Crippen molar-refractivity contribution in [3.8, 4) is 5.75 Å². The van der Waals surface area contributed by atoms with Crippen LogP contribution in [0.1, 0.15) is 30.5 Å². The van der Waals surface area contributed by atoms with Gasteiger partial charge in [0.15, 0.2) is 0 Å². The van der Waals surface area contributed by atoms with Gasteiger partial charge in [-0.2, -0.15) is 0 Å². The minimum atomic E-state index is -3.21. The highest BCUT2D eigenvalue weighted by Crippen LogP contribution is 2.52. The molecule has 3 aromatic rings. The van der Waals surface area contributed by atoms with Crippen LogP contribution in [0, 0.1) is 0 Å². The first kappa shape index (κ1) is 27.6. The second-order valence-electron chi connectivity index (χ2n) is 6.83. The topological polar surface area (TPSA) is 102 Å². The van der Waals surface area contributed by atoms with Crippen LogP contribution in [0.2, 0.25) is 0 Å². The average molecular weight is 558 g/mol. The zero-order chi connectivity index (χ0) is 24.3. The lowest BCUT2D eigenvalue weighted by Crippen LogP contribution is -2.02. The van der Waals surface area contributed by atoms with Crippen molar-refractivity contribution in [1.29, 1.82) is 0 Å². The van der Waals surface area contributed by atoms with Gasteiger partial charge in [-0.1, -0.05) is 70.5 Å². The Balaban J connectivity index is 0.000000890. The van der Waals surface area contributed by atoms with E-state index in [1.807, 2.05) is 68.4 Å². The van der Waals surface area contributed by atoms with Crippen molar-refractivity contribution in [2.75, 3.05) is 13.2 Å². The molecule has 2 N–H and O–H groups in total. The summed E-state index contributed by atoms with van der Waals surface area (Å²) in [7, 11) is -6.08. The molecule has 0 saturated heterocycles. The summed E-state index contributed by atoms with van der Waals surface area (Å²) >= 11 is 3.58. The molecule has 0 heterocycles. The maximum atomic E-state index is 13.1. The molecule has 0 aliphatic rings. The molecular weight excluding hydrogens is 530 g/mol. The van der Waals surface area contributed by atoms with Crippen LogP contribution in [0.3, 0.4) is 0 Å². The van der Waals surface area contributed by atoms with Crippen LogP contribution in [0.25, 0.3) is 10.8 Å². The maximum Gasteiger partial charge on any atom is 0.692 e. The molecule has 0 aliphatic heterocycles. The third-order valence-electron chi connectivity index (χ3n) is 4.57. The standard InChI is InChI=1S/C23H26BrO4P.HO3P/c1-3-27-29(25,28-4-2)17-20-13-14-22(26-16-18-9-6-5-7-10-18)21-12-8-11-19(15-24)23(20)21;1-4(2)3/h5-14H,3-4,15-17H2,1-2H3;(H-,1,2,3)/p+1. The Kier molecular flexibility index (Phi) is 11.7. The molecular formula is C23H28BrO7P2+. The van der Waals surface area contributed by atoms with Crippen molar-refractivity contribution >= 4 is 42.6 Å². The van der Waals surface area contributed by atoms with Gasteiger partial charge in [0, 0.05) is 15.3 Å². The van der Waals surface area contributed by atoms with Crippen LogP contribution < -0.4 is 4.74 Å². The number of rotatable bonds is 10. The van der Waals surface area contributed by atoms with Crippen LogP contribution in [0.5, 0.6) is 5.75 Å². The van der Waals surface area contributed by atoms with Gasteiger partial charge in [0.2, 0.25) is 0 Å². The lowest BCUT2D eigenvalue weighted by Gasteiger charge is -2.20. The van der Waals surface area contributed by atoms with Crippen molar-refractivity contribution in [3.63, 3.8) is 0 Å². The number of alkyl halides is 1. The van der Waals surface area contributed by atoms with E-state index in [0.29, 0.717) is 25.2 Å². The second kappa shape index (κ2) is 13.9. The Labute approximate surface area is 203 Å². The first-order valence-corrected chi connectivity index (χ1v) is 14.3. The molecule has 0 radical (unpaired) electrons. The fourth-order valence-electron chi connectivity index (χ4n) is 3.37. The van der Waals surface area contributed by atoms with Gasteiger partial charge in [0.05, 0.1) is 19.4 Å². The molecule has 0 saturated carbocycles. The highest BCUT2D eigenvalue weighted by molar-refractivity contribution is 9.08. The summed E-state index contributed by atoms with van der Waals surface area (Å²) in [5.74, 6) is 0.804. The van der Waals surface area contributed by atoms with E-state index in [1.54, 1.807) is 0 Å². The third-order valence-corrected chi connectivity index (χ3v) is 7.21. The van der Waals surface area contributed by atoms with E-state index in [1.165, 1.54) is 0 Å². The van der Waals surface area contributed by atoms with Gasteiger partial charge in [-0.05, 0) is 42.0 Å². The monoisotopic (exact) mass is 557 g/mol. The summed E-state index contributed by atoms with van der Waals surface area (Å²) in [6, 6.07) is 20.1. The lowest BCUT2D eigenvalue weighted by molar-refractivity contribution is 0.219. The predicted molar refractivity (Wildman–Crippen MR) is 134 cm³/mol. The van der Waals surface area contributed by atoms with Gasteiger partial charge in [-0.25, -0.2) is 0 Å². The Hall–Kier alpha value is -1.63. The van der Waals surface area contributed by atoms with Crippen molar-refractivity contribution in [2.45, 2.75) is 31.9 Å². The summed E-state index contributed by atoms with van der Waals surface area (Å²) in [6.45, 7) is 4.84. The zero-order valence-electron chi connectivity index (χ0n) is 18.5. The van der Waals surface area contributed by atoms with Crippen molar-refractivity contribution in [2.24, 2.45) is 0 Å². The number of fused-ring (bicyclic) bond motifs is 1. The number of benzene rings is 3. The van der Waals surface area contributed by atoms with Gasteiger partial charge < -0.3 is 13.8 Å². The summed E-state index contributed by atoms with van der Waals surface area (Å²) in [5, 5.41) is 2.72. The number of halogens is 1. The highest BCUT2D eigenvalue weighted by Gasteiger charge is 2.26. The minimum Gasteiger partial charge on any atom is -0.488 e. The third kappa shape index (κ3) is 8.58. The van der Waals surface area contributed by atoms with Crippen LogP contribution in [0.4, 0.5) is 0 Å². The minimum absolute atomic E-state index is 0.230.